The minimum Gasteiger partial charge on any atom is -0.484 e. The summed E-state index contributed by atoms with van der Waals surface area (Å²) >= 11 is 5.90. The first-order valence-corrected chi connectivity index (χ1v) is 4.24. The predicted molar refractivity (Wildman–Crippen MR) is 46.2 cm³/mol. The zero-order chi connectivity index (χ0) is 9.26. The average Bonchev–Trinajstić information content (AvgIpc) is 2.19. The molecule has 0 atom stereocenters. The Morgan fingerprint density at radius 3 is 3.00 bits per heavy atom. The van der Waals surface area contributed by atoms with Gasteiger partial charge in [0, 0.05) is 0 Å². The number of pyridine rings is 1. The number of aliphatic hydroxyl groups is 1. The van der Waals surface area contributed by atoms with E-state index in [9.17, 15) is 0 Å². The highest BCUT2D eigenvalue weighted by Crippen LogP contribution is 2.37. The van der Waals surface area contributed by atoms with Gasteiger partial charge in [-0.25, -0.2) is 0 Å². The van der Waals surface area contributed by atoms with Crippen molar-refractivity contribution in [1.29, 1.82) is 0 Å². The van der Waals surface area contributed by atoms with E-state index in [2.05, 4.69) is 4.98 Å². The smallest absolute Gasteiger partial charge is 0.183 e. The van der Waals surface area contributed by atoms with Gasteiger partial charge in [-0.05, 0) is 0 Å². The summed E-state index contributed by atoms with van der Waals surface area (Å²) in [6.07, 6.45) is 1.51. The van der Waals surface area contributed by atoms with Crippen LogP contribution in [0.25, 0.3) is 0 Å². The lowest BCUT2D eigenvalue weighted by molar-refractivity contribution is 0.169. The van der Waals surface area contributed by atoms with E-state index in [1.54, 1.807) is 0 Å². The van der Waals surface area contributed by atoms with Crippen LogP contribution >= 0.6 is 11.6 Å². The maximum Gasteiger partial charge on any atom is 0.183 e. The summed E-state index contributed by atoms with van der Waals surface area (Å²) in [5, 5.41) is 9.21. The second-order valence-corrected chi connectivity index (χ2v) is 2.95. The van der Waals surface area contributed by atoms with E-state index in [-0.39, 0.29) is 6.61 Å². The number of nitrogens with zero attached hydrogens (tertiary/aromatic N) is 1. The highest BCUT2D eigenvalue weighted by atomic mass is 35.5. The van der Waals surface area contributed by atoms with Gasteiger partial charge in [0.1, 0.15) is 18.2 Å². The fraction of sp³-hybridized carbons (Fsp3) is 0.375. The monoisotopic (exact) mass is 201 g/mol. The first-order valence-electron chi connectivity index (χ1n) is 3.86. The van der Waals surface area contributed by atoms with Crippen molar-refractivity contribution < 1.29 is 14.6 Å². The first kappa shape index (κ1) is 8.59. The Kier molecular flexibility index (Phi) is 2.24. The Bertz CT molecular complexity index is 329. The highest BCUT2D eigenvalue weighted by Gasteiger charge is 2.18. The fourth-order valence-corrected chi connectivity index (χ4v) is 1.39. The molecule has 0 aromatic carbocycles. The number of fused-ring (bicyclic) bond motifs is 1. The van der Waals surface area contributed by atoms with Crippen molar-refractivity contribution in [1.82, 2.24) is 4.98 Å². The van der Waals surface area contributed by atoms with Gasteiger partial charge in [-0.2, -0.15) is 0 Å². The Hall–Kier alpha value is -1.00. The van der Waals surface area contributed by atoms with Crippen LogP contribution in [-0.4, -0.2) is 23.3 Å². The number of ether oxygens (including phenoxy) is 2. The van der Waals surface area contributed by atoms with Crippen molar-refractivity contribution in [2.75, 3.05) is 13.2 Å². The van der Waals surface area contributed by atoms with Gasteiger partial charge in [0.15, 0.2) is 11.5 Å². The summed E-state index contributed by atoms with van der Waals surface area (Å²) in [4.78, 5) is 3.92. The molecule has 2 rings (SSSR count). The number of hydrogen-bond donors (Lipinski definition) is 1. The van der Waals surface area contributed by atoms with Gasteiger partial charge in [0.05, 0.1) is 18.5 Å². The number of rotatable bonds is 1. The lowest BCUT2D eigenvalue weighted by Gasteiger charge is -2.19. The van der Waals surface area contributed by atoms with Crippen LogP contribution in [0.2, 0.25) is 5.02 Å². The maximum atomic E-state index is 8.88. The molecule has 1 aliphatic heterocycles. The molecular formula is C8H8ClNO3. The summed E-state index contributed by atoms with van der Waals surface area (Å²) in [5.41, 5.74) is 0.408. The summed E-state index contributed by atoms with van der Waals surface area (Å²) in [5.74, 6) is 1.01. The van der Waals surface area contributed by atoms with Gasteiger partial charge in [0.2, 0.25) is 0 Å². The zero-order valence-corrected chi connectivity index (χ0v) is 7.54. The van der Waals surface area contributed by atoms with Gasteiger partial charge >= 0.3 is 0 Å². The maximum absolute atomic E-state index is 8.88. The molecule has 0 saturated heterocycles. The molecule has 0 aliphatic carbocycles. The lowest BCUT2D eigenvalue weighted by Crippen LogP contribution is -2.16. The van der Waals surface area contributed by atoms with E-state index in [1.165, 1.54) is 6.20 Å². The Labute approximate surface area is 80.1 Å². The summed E-state index contributed by atoms with van der Waals surface area (Å²) < 4.78 is 10.5. The molecule has 1 aromatic rings. The van der Waals surface area contributed by atoms with Crippen LogP contribution in [0.3, 0.4) is 0 Å². The molecule has 1 aliphatic rings. The van der Waals surface area contributed by atoms with E-state index in [0.29, 0.717) is 35.4 Å². The molecular weight excluding hydrogens is 194 g/mol. The largest absolute Gasteiger partial charge is 0.484 e. The second kappa shape index (κ2) is 3.40. The van der Waals surface area contributed by atoms with Crippen molar-refractivity contribution in [3.05, 3.63) is 16.9 Å². The van der Waals surface area contributed by atoms with E-state index in [0.717, 1.165) is 0 Å². The summed E-state index contributed by atoms with van der Waals surface area (Å²) in [6.45, 7) is 0.778. The van der Waals surface area contributed by atoms with E-state index >= 15 is 0 Å². The summed E-state index contributed by atoms with van der Waals surface area (Å²) in [7, 11) is 0. The van der Waals surface area contributed by atoms with Crippen LogP contribution < -0.4 is 9.47 Å². The normalized spacial score (nSPS) is 14.3. The van der Waals surface area contributed by atoms with E-state index in [1.807, 2.05) is 0 Å². The van der Waals surface area contributed by atoms with Crippen molar-refractivity contribution >= 4 is 11.6 Å². The molecule has 5 heteroatoms. The van der Waals surface area contributed by atoms with Crippen molar-refractivity contribution in [3.63, 3.8) is 0 Å². The number of aliphatic hydroxyl groups excluding tert-OH is 1. The molecule has 2 heterocycles. The molecule has 0 saturated carbocycles. The zero-order valence-electron chi connectivity index (χ0n) is 6.79. The van der Waals surface area contributed by atoms with Gasteiger partial charge in [-0.1, -0.05) is 11.6 Å². The van der Waals surface area contributed by atoms with Gasteiger partial charge in [0.25, 0.3) is 0 Å². The molecule has 4 nitrogen and oxygen atoms in total. The fourth-order valence-electron chi connectivity index (χ4n) is 1.13. The molecule has 0 radical (unpaired) electrons. The van der Waals surface area contributed by atoms with Gasteiger partial charge < -0.3 is 14.6 Å². The minimum absolute atomic E-state index is 0.199. The lowest BCUT2D eigenvalue weighted by atomic mass is 10.3. The first-order chi connectivity index (χ1) is 6.33. The van der Waals surface area contributed by atoms with Gasteiger partial charge in [-0.3, -0.25) is 4.98 Å². The van der Waals surface area contributed by atoms with Crippen LogP contribution in [-0.2, 0) is 6.61 Å². The van der Waals surface area contributed by atoms with Crippen LogP contribution in [0.15, 0.2) is 6.20 Å². The Morgan fingerprint density at radius 2 is 2.23 bits per heavy atom. The molecule has 0 fully saturated rings. The molecule has 70 valence electrons. The van der Waals surface area contributed by atoms with Crippen molar-refractivity contribution in [2.45, 2.75) is 6.61 Å². The third-order valence-corrected chi connectivity index (χ3v) is 2.14. The van der Waals surface area contributed by atoms with Crippen LogP contribution in [0.5, 0.6) is 11.5 Å². The molecule has 1 aromatic heterocycles. The van der Waals surface area contributed by atoms with E-state index in [4.69, 9.17) is 26.2 Å². The second-order valence-electron chi connectivity index (χ2n) is 2.57. The van der Waals surface area contributed by atoms with Crippen LogP contribution in [0.1, 0.15) is 5.69 Å². The third-order valence-electron chi connectivity index (χ3n) is 1.75. The standard InChI is InChI=1S/C8H8ClNO3/c9-7-5(4-11)10-3-6-8(7)13-2-1-12-6/h3,11H,1-2,4H2. The van der Waals surface area contributed by atoms with Crippen LogP contribution in [0.4, 0.5) is 0 Å². The SMILES string of the molecule is OCc1ncc2c(c1Cl)OCCO2. The van der Waals surface area contributed by atoms with E-state index < -0.39 is 0 Å². The third kappa shape index (κ3) is 1.43. The number of hydrogen-bond acceptors (Lipinski definition) is 4. The van der Waals surface area contributed by atoms with Crippen molar-refractivity contribution in [2.24, 2.45) is 0 Å². The van der Waals surface area contributed by atoms with Crippen LogP contribution in [0, 0.1) is 0 Å². The highest BCUT2D eigenvalue weighted by molar-refractivity contribution is 6.32. The molecule has 13 heavy (non-hydrogen) atoms. The average molecular weight is 202 g/mol. The molecule has 0 amide bonds. The summed E-state index contributed by atoms with van der Waals surface area (Å²) in [6, 6.07) is 0. The quantitative estimate of drug-likeness (QED) is 0.737. The molecule has 1 N–H and O–H groups in total. The number of aromatic nitrogens is 1. The molecule has 0 bridgehead atoms. The van der Waals surface area contributed by atoms with Crippen molar-refractivity contribution in [3.8, 4) is 11.5 Å². The molecule has 0 unspecified atom stereocenters. The number of halogens is 1. The Morgan fingerprint density at radius 1 is 1.46 bits per heavy atom. The molecule has 0 spiro atoms. The topological polar surface area (TPSA) is 51.6 Å². The predicted octanol–water partition coefficient (Wildman–Crippen LogP) is 0.998. The Balaban J connectivity index is 2.48. The van der Waals surface area contributed by atoms with Gasteiger partial charge in [-0.15, -0.1) is 0 Å². The minimum atomic E-state index is -0.199.